The Morgan fingerprint density at radius 2 is 1.94 bits per heavy atom. The minimum Gasteiger partial charge on any atom is -0.492 e. The molecule has 2 aromatic rings. The average Bonchev–Trinajstić information content (AvgIpc) is 2.72. The monoisotopic (exact) mass is 460 g/mol. The first-order chi connectivity index (χ1) is 14.9. The average molecular weight is 461 g/mol. The lowest BCUT2D eigenvalue weighted by Gasteiger charge is -2.45. The highest BCUT2D eigenvalue weighted by molar-refractivity contribution is 7.89. The summed E-state index contributed by atoms with van der Waals surface area (Å²) >= 11 is 6.13. The number of nitrogens with one attached hydrogen (secondary N) is 1. The van der Waals surface area contributed by atoms with Crippen LogP contribution in [-0.4, -0.2) is 39.6 Å². The van der Waals surface area contributed by atoms with Gasteiger partial charge in [-0.2, -0.15) is 0 Å². The van der Waals surface area contributed by atoms with Gasteiger partial charge < -0.3 is 4.74 Å². The fourth-order valence-electron chi connectivity index (χ4n) is 4.53. The summed E-state index contributed by atoms with van der Waals surface area (Å²) in [6.45, 7) is 3.20. The summed E-state index contributed by atoms with van der Waals surface area (Å²) < 4.78 is 32.0. The molecular formula is C24H29ClN2O3S. The fraction of sp³-hybridized carbons (Fsp3) is 0.458. The van der Waals surface area contributed by atoms with Gasteiger partial charge in [0.1, 0.15) is 12.4 Å². The first-order valence-electron chi connectivity index (χ1n) is 11.0. The van der Waals surface area contributed by atoms with Crippen LogP contribution in [0.25, 0.3) is 0 Å². The van der Waals surface area contributed by atoms with Gasteiger partial charge in [-0.15, -0.1) is 0 Å². The number of rotatable bonds is 9. The number of sulfonamides is 1. The summed E-state index contributed by atoms with van der Waals surface area (Å²) in [7, 11) is -3.22. The minimum absolute atomic E-state index is 0.0613. The van der Waals surface area contributed by atoms with E-state index in [0.29, 0.717) is 6.42 Å². The lowest BCUT2D eigenvalue weighted by molar-refractivity contribution is 0.322. The van der Waals surface area contributed by atoms with Crippen LogP contribution < -0.4 is 9.46 Å². The van der Waals surface area contributed by atoms with Crippen LogP contribution in [0.15, 0.2) is 47.5 Å². The van der Waals surface area contributed by atoms with E-state index >= 15 is 0 Å². The number of benzene rings is 2. The number of hydrogen-bond donors (Lipinski definition) is 1. The van der Waals surface area contributed by atoms with Crippen LogP contribution in [0.5, 0.6) is 5.75 Å². The zero-order valence-corrected chi connectivity index (χ0v) is 19.4. The van der Waals surface area contributed by atoms with Gasteiger partial charge in [0.2, 0.25) is 10.0 Å². The van der Waals surface area contributed by atoms with Gasteiger partial charge in [-0.25, -0.2) is 13.1 Å². The summed E-state index contributed by atoms with van der Waals surface area (Å²) in [4.78, 5) is 4.99. The van der Waals surface area contributed by atoms with E-state index in [1.54, 1.807) is 0 Å². The van der Waals surface area contributed by atoms with Crippen LogP contribution >= 0.6 is 11.6 Å². The van der Waals surface area contributed by atoms with Crippen molar-refractivity contribution in [3.63, 3.8) is 0 Å². The standard InChI is InChI=1S/C24H29ClN2O3S/c1-2-16-31(28,29)27-14-15-30-21-9-4-18-10-13-26-23(22(18)17-21)24(11-3-12-24)19-5-7-20(25)8-6-19/h4-9,17,27H,2-3,10-16H2,1H3. The third-order valence-electron chi connectivity index (χ3n) is 6.21. The summed E-state index contributed by atoms with van der Waals surface area (Å²) in [5, 5.41) is 0.745. The molecule has 0 atom stereocenters. The van der Waals surface area contributed by atoms with E-state index in [2.05, 4.69) is 29.0 Å². The van der Waals surface area contributed by atoms with Gasteiger partial charge in [0, 0.05) is 29.1 Å². The normalized spacial score (nSPS) is 17.4. The first-order valence-corrected chi connectivity index (χ1v) is 13.0. The van der Waals surface area contributed by atoms with Crippen molar-refractivity contribution in [1.29, 1.82) is 0 Å². The molecule has 166 valence electrons. The fourth-order valence-corrected chi connectivity index (χ4v) is 5.74. The van der Waals surface area contributed by atoms with Gasteiger partial charge >= 0.3 is 0 Å². The maximum absolute atomic E-state index is 11.8. The zero-order chi connectivity index (χ0) is 21.9. The van der Waals surface area contributed by atoms with E-state index < -0.39 is 10.0 Å². The molecule has 31 heavy (non-hydrogen) atoms. The number of halogens is 1. The van der Waals surface area contributed by atoms with Crippen molar-refractivity contribution in [2.75, 3.05) is 25.4 Å². The topological polar surface area (TPSA) is 67.8 Å². The van der Waals surface area contributed by atoms with Gasteiger partial charge in [0.05, 0.1) is 11.5 Å². The SMILES string of the molecule is CCCS(=O)(=O)NCCOc1ccc2c(c1)C(C1(c3ccc(Cl)cc3)CCC1)=NCC2. The van der Waals surface area contributed by atoms with E-state index in [4.69, 9.17) is 21.3 Å². The lowest BCUT2D eigenvalue weighted by Crippen LogP contribution is -2.44. The van der Waals surface area contributed by atoms with E-state index in [-0.39, 0.29) is 24.3 Å². The molecule has 0 unspecified atom stereocenters. The maximum atomic E-state index is 11.8. The number of nitrogens with zero attached hydrogens (tertiary/aromatic N) is 1. The van der Waals surface area contributed by atoms with Crippen LogP contribution in [0.3, 0.4) is 0 Å². The number of fused-ring (bicyclic) bond motifs is 1. The Hall–Kier alpha value is -1.89. The molecule has 2 aromatic carbocycles. The molecule has 0 aromatic heterocycles. The third kappa shape index (κ3) is 4.81. The van der Waals surface area contributed by atoms with Gasteiger partial charge in [-0.1, -0.05) is 43.1 Å². The summed E-state index contributed by atoms with van der Waals surface area (Å²) in [6, 6.07) is 14.3. The van der Waals surface area contributed by atoms with Crippen molar-refractivity contribution in [3.05, 3.63) is 64.2 Å². The molecule has 0 amide bonds. The molecule has 1 N–H and O–H groups in total. The van der Waals surface area contributed by atoms with E-state index in [9.17, 15) is 8.42 Å². The van der Waals surface area contributed by atoms with Gasteiger partial charge in [0.15, 0.2) is 0 Å². The Kier molecular flexibility index (Phi) is 6.70. The van der Waals surface area contributed by atoms with Crippen molar-refractivity contribution in [2.45, 2.75) is 44.4 Å². The third-order valence-corrected chi connectivity index (χ3v) is 8.05. The summed E-state index contributed by atoms with van der Waals surface area (Å²) in [5.74, 6) is 0.881. The largest absolute Gasteiger partial charge is 0.492 e. The molecule has 2 aliphatic rings. The molecule has 1 heterocycles. The predicted molar refractivity (Wildman–Crippen MR) is 126 cm³/mol. The van der Waals surface area contributed by atoms with Crippen LogP contribution in [0.2, 0.25) is 5.02 Å². The van der Waals surface area contributed by atoms with Gasteiger partial charge in [-0.3, -0.25) is 4.99 Å². The Bertz CT molecular complexity index is 1060. The smallest absolute Gasteiger partial charge is 0.211 e. The van der Waals surface area contributed by atoms with Crippen LogP contribution in [0, 0.1) is 0 Å². The van der Waals surface area contributed by atoms with Crippen molar-refractivity contribution < 1.29 is 13.2 Å². The Morgan fingerprint density at radius 3 is 2.61 bits per heavy atom. The van der Waals surface area contributed by atoms with Crippen LogP contribution in [0.4, 0.5) is 0 Å². The Morgan fingerprint density at radius 1 is 1.16 bits per heavy atom. The predicted octanol–water partition coefficient (Wildman–Crippen LogP) is 4.52. The maximum Gasteiger partial charge on any atom is 0.211 e. The molecule has 0 radical (unpaired) electrons. The second-order valence-corrected chi connectivity index (χ2v) is 10.7. The van der Waals surface area contributed by atoms with Crippen LogP contribution in [-0.2, 0) is 21.9 Å². The Labute approximate surface area is 189 Å². The zero-order valence-electron chi connectivity index (χ0n) is 17.9. The molecule has 0 saturated heterocycles. The quantitative estimate of drug-likeness (QED) is 0.559. The van der Waals surface area contributed by atoms with Gasteiger partial charge in [0.25, 0.3) is 0 Å². The molecule has 0 bridgehead atoms. The minimum atomic E-state index is -3.22. The number of hydrogen-bond acceptors (Lipinski definition) is 4. The second-order valence-electron chi connectivity index (χ2n) is 8.30. The van der Waals surface area contributed by atoms with Crippen molar-refractivity contribution in [3.8, 4) is 5.75 Å². The van der Waals surface area contributed by atoms with Crippen molar-refractivity contribution in [2.24, 2.45) is 4.99 Å². The molecular weight excluding hydrogens is 432 g/mol. The van der Waals surface area contributed by atoms with Crippen molar-refractivity contribution in [1.82, 2.24) is 4.72 Å². The molecule has 7 heteroatoms. The summed E-state index contributed by atoms with van der Waals surface area (Å²) in [6.07, 6.45) is 4.87. The first kappa shape index (κ1) is 22.3. The highest BCUT2D eigenvalue weighted by Gasteiger charge is 2.45. The van der Waals surface area contributed by atoms with Gasteiger partial charge in [-0.05, 0) is 61.1 Å². The molecule has 4 rings (SSSR count). The second kappa shape index (κ2) is 9.31. The van der Waals surface area contributed by atoms with Crippen LogP contribution in [0.1, 0.15) is 49.3 Å². The number of aliphatic imine (C=N–C) groups is 1. The highest BCUT2D eigenvalue weighted by Crippen LogP contribution is 2.48. The molecule has 1 fully saturated rings. The Balaban J connectivity index is 1.52. The van der Waals surface area contributed by atoms with E-state index in [1.807, 2.05) is 25.1 Å². The summed E-state index contributed by atoms with van der Waals surface area (Å²) in [5.41, 5.74) is 4.81. The van der Waals surface area contributed by atoms with E-state index in [1.165, 1.54) is 17.5 Å². The highest BCUT2D eigenvalue weighted by atomic mass is 35.5. The van der Waals surface area contributed by atoms with E-state index in [0.717, 1.165) is 47.9 Å². The lowest BCUT2D eigenvalue weighted by atomic mass is 9.59. The number of ether oxygens (including phenoxy) is 1. The molecule has 1 aliphatic heterocycles. The molecule has 1 aliphatic carbocycles. The molecule has 5 nitrogen and oxygen atoms in total. The molecule has 1 saturated carbocycles. The molecule has 0 spiro atoms. The van der Waals surface area contributed by atoms with Crippen molar-refractivity contribution >= 4 is 27.3 Å².